The molecule has 4 nitrogen and oxygen atoms in total. The van der Waals surface area contributed by atoms with Crippen molar-refractivity contribution < 1.29 is 9.84 Å². The van der Waals surface area contributed by atoms with Gasteiger partial charge in [-0.1, -0.05) is 55.0 Å². The third kappa shape index (κ3) is 2.59. The fourth-order valence-corrected chi connectivity index (χ4v) is 4.85. The zero-order valence-corrected chi connectivity index (χ0v) is 15.5. The summed E-state index contributed by atoms with van der Waals surface area (Å²) in [5.74, 6) is -0.302. The van der Waals surface area contributed by atoms with Gasteiger partial charge in [-0.25, -0.2) is 4.68 Å². The van der Waals surface area contributed by atoms with Crippen molar-refractivity contribution in [2.45, 2.75) is 44.3 Å². The molecule has 1 aromatic heterocycles. The Morgan fingerprint density at radius 1 is 1.04 bits per heavy atom. The van der Waals surface area contributed by atoms with Gasteiger partial charge in [0.05, 0.1) is 11.4 Å². The van der Waals surface area contributed by atoms with Gasteiger partial charge in [0.2, 0.25) is 11.7 Å². The van der Waals surface area contributed by atoms with Crippen LogP contribution >= 0.6 is 0 Å². The molecule has 2 aromatic carbocycles. The van der Waals surface area contributed by atoms with Gasteiger partial charge in [0, 0.05) is 23.8 Å². The predicted octanol–water partition coefficient (Wildman–Crippen LogP) is 4.58. The summed E-state index contributed by atoms with van der Waals surface area (Å²) in [7, 11) is 0. The van der Waals surface area contributed by atoms with Crippen molar-refractivity contribution in [1.29, 1.82) is 0 Å². The molecule has 0 amide bonds. The third-order valence-electron chi connectivity index (χ3n) is 6.09. The maximum Gasteiger partial charge on any atom is 0.223 e. The van der Waals surface area contributed by atoms with Crippen molar-refractivity contribution in [2.24, 2.45) is 5.92 Å². The highest BCUT2D eigenvalue weighted by Gasteiger charge is 2.52. The maximum atomic E-state index is 11.5. The van der Waals surface area contributed by atoms with E-state index in [4.69, 9.17) is 9.84 Å². The fraction of sp³-hybridized carbons (Fsp3) is 0.348. The molecule has 5 rings (SSSR count). The van der Waals surface area contributed by atoms with Gasteiger partial charge < -0.3 is 9.84 Å². The van der Waals surface area contributed by atoms with Crippen LogP contribution in [0.4, 0.5) is 0 Å². The molecule has 1 fully saturated rings. The van der Waals surface area contributed by atoms with Gasteiger partial charge in [-0.3, -0.25) is 0 Å². The minimum atomic E-state index is -1.13. The van der Waals surface area contributed by atoms with Crippen LogP contribution in [0.25, 0.3) is 5.69 Å². The summed E-state index contributed by atoms with van der Waals surface area (Å²) in [6, 6.07) is 20.5. The molecule has 0 unspecified atom stereocenters. The van der Waals surface area contributed by atoms with E-state index in [1.165, 1.54) is 5.56 Å². The normalized spacial score (nSPS) is 26.7. The molecule has 4 heteroatoms. The van der Waals surface area contributed by atoms with Crippen molar-refractivity contribution in [2.75, 3.05) is 0 Å². The first-order valence-electron chi connectivity index (χ1n) is 9.79. The van der Waals surface area contributed by atoms with Gasteiger partial charge in [-0.15, -0.1) is 0 Å². The van der Waals surface area contributed by atoms with Crippen molar-refractivity contribution in [3.8, 4) is 11.6 Å². The summed E-state index contributed by atoms with van der Waals surface area (Å²) in [4.78, 5) is 0. The van der Waals surface area contributed by atoms with Crippen LogP contribution in [0.1, 0.15) is 48.4 Å². The van der Waals surface area contributed by atoms with Crippen LogP contribution in [0.15, 0.2) is 60.7 Å². The first-order chi connectivity index (χ1) is 13.2. The van der Waals surface area contributed by atoms with Crippen LogP contribution in [-0.4, -0.2) is 20.7 Å². The number of fused-ring (bicyclic) bond motifs is 2. The van der Waals surface area contributed by atoms with Gasteiger partial charge in [0.1, 0.15) is 0 Å². The van der Waals surface area contributed by atoms with Crippen molar-refractivity contribution in [3.63, 3.8) is 0 Å². The Morgan fingerprint density at radius 3 is 2.48 bits per heavy atom. The Labute approximate surface area is 159 Å². The molecule has 1 N–H and O–H groups in total. The monoisotopic (exact) mass is 360 g/mol. The average molecular weight is 360 g/mol. The molecule has 0 saturated heterocycles. The number of hydrogen-bond donors (Lipinski definition) is 1. The maximum absolute atomic E-state index is 11.5. The summed E-state index contributed by atoms with van der Waals surface area (Å²) < 4.78 is 8.19. The number of aliphatic hydroxyl groups is 1. The van der Waals surface area contributed by atoms with Crippen LogP contribution in [0.3, 0.4) is 0 Å². The van der Waals surface area contributed by atoms with E-state index in [1.807, 2.05) is 48.0 Å². The molecule has 0 radical (unpaired) electrons. The van der Waals surface area contributed by atoms with Crippen LogP contribution in [-0.2, 0) is 0 Å². The zero-order chi connectivity index (χ0) is 18.4. The van der Waals surface area contributed by atoms with E-state index in [-0.39, 0.29) is 11.8 Å². The summed E-state index contributed by atoms with van der Waals surface area (Å²) in [5.41, 5.74) is 4.26. The fourth-order valence-electron chi connectivity index (χ4n) is 4.85. The van der Waals surface area contributed by atoms with Crippen LogP contribution in [0.2, 0.25) is 0 Å². The number of benzene rings is 2. The minimum Gasteiger partial charge on any atom is -0.445 e. The topological polar surface area (TPSA) is 47.3 Å². The lowest BCUT2D eigenvalue weighted by molar-refractivity contribution is -0.211. The largest absolute Gasteiger partial charge is 0.445 e. The highest BCUT2D eigenvalue weighted by Crippen LogP contribution is 2.54. The molecule has 2 aliphatic rings. The van der Waals surface area contributed by atoms with E-state index in [2.05, 4.69) is 24.3 Å². The Balaban J connectivity index is 1.74. The van der Waals surface area contributed by atoms with Gasteiger partial charge in [0.15, 0.2) is 0 Å². The number of para-hydroxylation sites is 1. The highest BCUT2D eigenvalue weighted by atomic mass is 16.6. The molecule has 2 heterocycles. The number of nitrogens with zero attached hydrogens (tertiary/aromatic N) is 2. The second kappa shape index (κ2) is 6.24. The minimum absolute atomic E-state index is 0.0493. The second-order valence-corrected chi connectivity index (χ2v) is 7.74. The highest BCUT2D eigenvalue weighted by molar-refractivity contribution is 5.49. The summed E-state index contributed by atoms with van der Waals surface area (Å²) in [6.45, 7) is 2.05. The van der Waals surface area contributed by atoms with E-state index >= 15 is 0 Å². The van der Waals surface area contributed by atoms with E-state index < -0.39 is 5.79 Å². The van der Waals surface area contributed by atoms with Crippen LogP contribution < -0.4 is 4.74 Å². The van der Waals surface area contributed by atoms with Crippen molar-refractivity contribution >= 4 is 0 Å². The van der Waals surface area contributed by atoms with Gasteiger partial charge in [-0.05, 0) is 37.5 Å². The van der Waals surface area contributed by atoms with Crippen LogP contribution in [0.5, 0.6) is 5.88 Å². The average Bonchev–Trinajstić information content (AvgIpc) is 3.02. The van der Waals surface area contributed by atoms with E-state index in [1.54, 1.807) is 0 Å². The molecule has 138 valence electrons. The van der Waals surface area contributed by atoms with Gasteiger partial charge >= 0.3 is 0 Å². The first-order valence-corrected chi connectivity index (χ1v) is 9.79. The molecule has 1 aliphatic heterocycles. The SMILES string of the molecule is Cc1nn(-c2ccccc2)c2c1[C@H](c1ccccc1)[C@H]1CCCC[C@]1(O)O2. The predicted molar refractivity (Wildman–Crippen MR) is 104 cm³/mol. The smallest absolute Gasteiger partial charge is 0.223 e. The third-order valence-corrected chi connectivity index (χ3v) is 6.09. The molecule has 3 atom stereocenters. The van der Waals surface area contributed by atoms with Gasteiger partial charge in [-0.2, -0.15) is 5.10 Å². The first kappa shape index (κ1) is 16.6. The molecule has 3 aromatic rings. The lowest BCUT2D eigenvalue weighted by Crippen LogP contribution is -2.51. The summed E-state index contributed by atoms with van der Waals surface area (Å²) >= 11 is 0. The van der Waals surface area contributed by atoms with Crippen LogP contribution in [0, 0.1) is 12.8 Å². The lowest BCUT2D eigenvalue weighted by Gasteiger charge is -2.47. The number of hydrogen-bond acceptors (Lipinski definition) is 3. The van der Waals surface area contributed by atoms with Crippen molar-refractivity contribution in [1.82, 2.24) is 9.78 Å². The summed E-state index contributed by atoms with van der Waals surface area (Å²) in [5, 5.41) is 16.3. The van der Waals surface area contributed by atoms with E-state index in [0.29, 0.717) is 12.3 Å². The molecule has 0 spiro atoms. The second-order valence-electron chi connectivity index (χ2n) is 7.74. The standard InChI is InChI=1S/C23H24N2O2/c1-16-20-21(17-10-4-2-5-11-17)19-14-8-9-15-23(19,26)27-22(20)25(24-16)18-12-6-3-7-13-18/h2-7,10-13,19,21,26H,8-9,14-15H2,1H3/t19-,21-,23+/m1/s1. The van der Waals surface area contributed by atoms with E-state index in [9.17, 15) is 5.11 Å². The summed E-state index contributed by atoms with van der Waals surface area (Å²) in [6.07, 6.45) is 3.74. The lowest BCUT2D eigenvalue weighted by atomic mass is 9.68. The molecule has 1 aliphatic carbocycles. The molecular weight excluding hydrogens is 336 g/mol. The molecule has 1 saturated carbocycles. The van der Waals surface area contributed by atoms with E-state index in [0.717, 1.165) is 36.2 Å². The molecular formula is C23H24N2O2. The Bertz CT molecular complexity index is 951. The number of aromatic nitrogens is 2. The Hall–Kier alpha value is -2.59. The Kier molecular flexibility index (Phi) is 3.83. The zero-order valence-electron chi connectivity index (χ0n) is 15.5. The Morgan fingerprint density at radius 2 is 1.74 bits per heavy atom. The van der Waals surface area contributed by atoms with Crippen molar-refractivity contribution in [3.05, 3.63) is 77.5 Å². The number of ether oxygens (including phenoxy) is 1. The number of rotatable bonds is 2. The quantitative estimate of drug-likeness (QED) is 0.727. The molecule has 27 heavy (non-hydrogen) atoms. The number of aryl methyl sites for hydroxylation is 1. The van der Waals surface area contributed by atoms with Gasteiger partial charge in [0.25, 0.3) is 0 Å². The molecule has 0 bridgehead atoms.